The lowest BCUT2D eigenvalue weighted by molar-refractivity contribution is -0.121. The highest BCUT2D eigenvalue weighted by molar-refractivity contribution is 7.10. The smallest absolute Gasteiger partial charge is 0.234 e. The molecule has 4 heteroatoms. The van der Waals surface area contributed by atoms with E-state index in [9.17, 15) is 4.79 Å². The van der Waals surface area contributed by atoms with Crippen molar-refractivity contribution in [1.82, 2.24) is 5.32 Å². The van der Waals surface area contributed by atoms with Gasteiger partial charge in [-0.25, -0.2) is 0 Å². The Hall–Kier alpha value is -0.870. The topological polar surface area (TPSA) is 55.1 Å². The van der Waals surface area contributed by atoms with Gasteiger partial charge in [-0.1, -0.05) is 32.8 Å². The predicted molar refractivity (Wildman–Crippen MR) is 80.0 cm³/mol. The summed E-state index contributed by atoms with van der Waals surface area (Å²) in [5.74, 6) is 0.621. The van der Waals surface area contributed by atoms with Crippen molar-refractivity contribution in [2.75, 3.05) is 0 Å². The molecule has 0 radical (unpaired) electrons. The fraction of sp³-hybridized carbons (Fsp3) is 0.667. The summed E-state index contributed by atoms with van der Waals surface area (Å²) in [6.07, 6.45) is 5.10. The maximum Gasteiger partial charge on any atom is 0.234 e. The van der Waals surface area contributed by atoms with Crippen LogP contribution in [0.3, 0.4) is 0 Å². The molecule has 0 saturated heterocycles. The summed E-state index contributed by atoms with van der Waals surface area (Å²) in [6, 6.07) is 4.28. The number of thiophene rings is 1. The normalized spacial score (nSPS) is 19.7. The minimum absolute atomic E-state index is 0.223. The first kappa shape index (κ1) is 14.5. The van der Waals surface area contributed by atoms with Crippen LogP contribution in [-0.4, -0.2) is 11.9 Å². The van der Waals surface area contributed by atoms with E-state index in [2.05, 4.69) is 22.8 Å². The highest BCUT2D eigenvalue weighted by atomic mass is 32.1. The van der Waals surface area contributed by atoms with E-state index in [0.29, 0.717) is 5.92 Å². The van der Waals surface area contributed by atoms with Crippen LogP contribution in [0.15, 0.2) is 17.5 Å². The molecule has 0 aromatic carbocycles. The van der Waals surface area contributed by atoms with E-state index < -0.39 is 0 Å². The van der Waals surface area contributed by atoms with E-state index in [1.807, 2.05) is 13.8 Å². The zero-order chi connectivity index (χ0) is 13.8. The number of hydrogen-bond acceptors (Lipinski definition) is 3. The molecule has 0 bridgehead atoms. The number of amides is 1. The number of nitrogens with two attached hydrogens (primary N) is 1. The van der Waals surface area contributed by atoms with Gasteiger partial charge in [0.2, 0.25) is 5.91 Å². The molecule has 3 N–H and O–H groups in total. The van der Waals surface area contributed by atoms with Gasteiger partial charge in [-0.15, -0.1) is 11.3 Å². The molecule has 0 aliphatic heterocycles. The molecule has 3 nitrogen and oxygen atoms in total. The SMILES string of the molecule is CC(C)C(NC(c1cccs1)C1CCCC1)C(N)=O. The Labute approximate surface area is 119 Å². The average molecular weight is 280 g/mol. The summed E-state index contributed by atoms with van der Waals surface area (Å²) in [4.78, 5) is 13.0. The summed E-state index contributed by atoms with van der Waals surface area (Å²) in [7, 11) is 0. The molecular weight excluding hydrogens is 256 g/mol. The molecule has 2 unspecified atom stereocenters. The van der Waals surface area contributed by atoms with Crippen molar-refractivity contribution >= 4 is 17.2 Å². The summed E-state index contributed by atoms with van der Waals surface area (Å²) in [5.41, 5.74) is 5.54. The van der Waals surface area contributed by atoms with Crippen LogP contribution in [0, 0.1) is 11.8 Å². The zero-order valence-electron chi connectivity index (χ0n) is 11.8. The largest absolute Gasteiger partial charge is 0.368 e. The summed E-state index contributed by atoms with van der Waals surface area (Å²) < 4.78 is 0. The third-order valence-electron chi connectivity index (χ3n) is 4.05. The molecule has 0 spiro atoms. The summed E-state index contributed by atoms with van der Waals surface area (Å²) >= 11 is 1.77. The van der Waals surface area contributed by atoms with E-state index in [-0.39, 0.29) is 23.9 Å². The second-order valence-corrected chi connectivity index (χ2v) is 6.81. The van der Waals surface area contributed by atoms with E-state index in [1.165, 1.54) is 30.6 Å². The number of carbonyl (C=O) groups is 1. The summed E-state index contributed by atoms with van der Waals surface area (Å²) in [6.45, 7) is 4.09. The lowest BCUT2D eigenvalue weighted by Gasteiger charge is -2.29. The standard InChI is InChI=1S/C15H24N2OS/c1-10(2)13(15(16)18)17-14(11-6-3-4-7-11)12-8-5-9-19-12/h5,8-11,13-14,17H,3-4,6-7H2,1-2H3,(H2,16,18). The zero-order valence-corrected chi connectivity index (χ0v) is 12.6. The molecule has 1 fully saturated rings. The third kappa shape index (κ3) is 3.57. The van der Waals surface area contributed by atoms with Gasteiger partial charge in [0.05, 0.1) is 6.04 Å². The van der Waals surface area contributed by atoms with Crippen molar-refractivity contribution in [3.05, 3.63) is 22.4 Å². The van der Waals surface area contributed by atoms with Crippen LogP contribution >= 0.6 is 11.3 Å². The van der Waals surface area contributed by atoms with Crippen LogP contribution in [-0.2, 0) is 4.79 Å². The van der Waals surface area contributed by atoms with Crippen LogP contribution in [0.25, 0.3) is 0 Å². The number of rotatable bonds is 6. The van der Waals surface area contributed by atoms with Gasteiger partial charge in [0.25, 0.3) is 0 Å². The first-order valence-electron chi connectivity index (χ1n) is 7.18. The minimum Gasteiger partial charge on any atom is -0.368 e. The predicted octanol–water partition coefficient (Wildman–Crippen LogP) is 3.08. The Kier molecular flexibility index (Phi) is 4.99. The molecule has 19 heavy (non-hydrogen) atoms. The molecule has 2 rings (SSSR count). The van der Waals surface area contributed by atoms with Gasteiger partial charge in [-0.05, 0) is 36.1 Å². The molecule has 1 aliphatic carbocycles. The van der Waals surface area contributed by atoms with Crippen LogP contribution in [0.1, 0.15) is 50.4 Å². The van der Waals surface area contributed by atoms with Crippen molar-refractivity contribution in [3.8, 4) is 0 Å². The Morgan fingerprint density at radius 3 is 2.58 bits per heavy atom. The first-order valence-corrected chi connectivity index (χ1v) is 8.06. The van der Waals surface area contributed by atoms with Gasteiger partial charge in [-0.2, -0.15) is 0 Å². The second kappa shape index (κ2) is 6.53. The van der Waals surface area contributed by atoms with Gasteiger partial charge in [0.1, 0.15) is 0 Å². The number of nitrogens with one attached hydrogen (secondary N) is 1. The number of hydrogen-bond donors (Lipinski definition) is 2. The molecule has 1 aromatic rings. The lowest BCUT2D eigenvalue weighted by Crippen LogP contribution is -2.47. The van der Waals surface area contributed by atoms with Crippen LogP contribution in [0.5, 0.6) is 0 Å². The van der Waals surface area contributed by atoms with Crippen molar-refractivity contribution in [2.45, 2.75) is 51.6 Å². The Morgan fingerprint density at radius 2 is 2.11 bits per heavy atom. The van der Waals surface area contributed by atoms with Gasteiger partial charge >= 0.3 is 0 Å². The number of carbonyl (C=O) groups excluding carboxylic acids is 1. The molecule has 1 heterocycles. The fourth-order valence-corrected chi connectivity index (χ4v) is 3.88. The van der Waals surface area contributed by atoms with Gasteiger partial charge in [0.15, 0.2) is 0 Å². The van der Waals surface area contributed by atoms with E-state index in [4.69, 9.17) is 5.73 Å². The van der Waals surface area contributed by atoms with Crippen LogP contribution < -0.4 is 11.1 Å². The molecule has 106 valence electrons. The quantitative estimate of drug-likeness (QED) is 0.841. The lowest BCUT2D eigenvalue weighted by atomic mass is 9.93. The van der Waals surface area contributed by atoms with Crippen molar-refractivity contribution < 1.29 is 4.79 Å². The maximum atomic E-state index is 11.6. The van der Waals surface area contributed by atoms with Crippen LogP contribution in [0.4, 0.5) is 0 Å². The molecular formula is C15H24N2OS. The van der Waals surface area contributed by atoms with E-state index in [0.717, 1.165) is 0 Å². The van der Waals surface area contributed by atoms with Gasteiger partial charge in [0, 0.05) is 10.9 Å². The van der Waals surface area contributed by atoms with Gasteiger partial charge in [-0.3, -0.25) is 10.1 Å². The monoisotopic (exact) mass is 280 g/mol. The fourth-order valence-electron chi connectivity index (χ4n) is 3.01. The maximum absolute atomic E-state index is 11.6. The molecule has 2 atom stereocenters. The number of primary amides is 1. The first-order chi connectivity index (χ1) is 9.09. The van der Waals surface area contributed by atoms with Crippen molar-refractivity contribution in [2.24, 2.45) is 17.6 Å². The molecule has 1 amide bonds. The average Bonchev–Trinajstić information content (AvgIpc) is 3.00. The van der Waals surface area contributed by atoms with E-state index in [1.54, 1.807) is 11.3 Å². The third-order valence-corrected chi connectivity index (χ3v) is 5.01. The molecule has 1 aliphatic rings. The Balaban J connectivity index is 2.15. The highest BCUT2D eigenvalue weighted by Crippen LogP contribution is 2.37. The highest BCUT2D eigenvalue weighted by Gasteiger charge is 2.31. The molecule has 1 aromatic heterocycles. The van der Waals surface area contributed by atoms with Crippen molar-refractivity contribution in [1.29, 1.82) is 0 Å². The Morgan fingerprint density at radius 1 is 1.42 bits per heavy atom. The summed E-state index contributed by atoms with van der Waals surface area (Å²) in [5, 5.41) is 5.64. The van der Waals surface area contributed by atoms with Crippen LogP contribution in [0.2, 0.25) is 0 Å². The minimum atomic E-state index is -0.243. The van der Waals surface area contributed by atoms with Gasteiger partial charge < -0.3 is 5.73 Å². The van der Waals surface area contributed by atoms with E-state index >= 15 is 0 Å². The second-order valence-electron chi connectivity index (χ2n) is 5.83. The van der Waals surface area contributed by atoms with Crippen molar-refractivity contribution in [3.63, 3.8) is 0 Å². The Bertz CT molecular complexity index is 396. The molecule has 1 saturated carbocycles.